The molecule has 0 radical (unpaired) electrons. The Hall–Kier alpha value is -3.40. The second-order valence-electron chi connectivity index (χ2n) is 7.06. The van der Waals surface area contributed by atoms with Crippen LogP contribution in [0.25, 0.3) is 21.5 Å². The molecule has 1 amide bonds. The Morgan fingerprint density at radius 3 is 2.66 bits per heavy atom. The zero-order valence-electron chi connectivity index (χ0n) is 16.9. The van der Waals surface area contributed by atoms with Gasteiger partial charge >= 0.3 is 12.1 Å². The van der Waals surface area contributed by atoms with E-state index < -0.39 is 12.1 Å². The number of aryl methyl sites for hydroxylation is 1. The van der Waals surface area contributed by atoms with Gasteiger partial charge in [-0.05, 0) is 55.1 Å². The van der Waals surface area contributed by atoms with Crippen LogP contribution in [0.15, 0.2) is 53.1 Å². The summed E-state index contributed by atoms with van der Waals surface area (Å²) in [5.74, 6) is -1.12. The number of ether oxygens (including phenoxy) is 1. The first-order valence-electron chi connectivity index (χ1n) is 9.72. The minimum absolute atomic E-state index is 0.119. The summed E-state index contributed by atoms with van der Waals surface area (Å²) in [6.07, 6.45) is -4.09. The van der Waals surface area contributed by atoms with Crippen molar-refractivity contribution in [1.82, 2.24) is 15.5 Å². The van der Waals surface area contributed by atoms with E-state index in [1.165, 1.54) is 11.3 Å². The molecule has 0 bridgehead atoms. The van der Waals surface area contributed by atoms with E-state index in [0.717, 1.165) is 15.6 Å². The molecule has 2 heterocycles. The third kappa shape index (κ3) is 5.08. The quantitative estimate of drug-likeness (QED) is 0.369. The van der Waals surface area contributed by atoms with Crippen molar-refractivity contribution in [3.63, 3.8) is 0 Å². The maximum Gasteiger partial charge on any atom is 0.471 e. The Labute approximate surface area is 185 Å². The second-order valence-corrected chi connectivity index (χ2v) is 8.14. The molecule has 0 fully saturated rings. The van der Waals surface area contributed by atoms with Crippen LogP contribution in [0.3, 0.4) is 0 Å². The van der Waals surface area contributed by atoms with Crippen LogP contribution in [0, 0.1) is 6.92 Å². The molecular weight excluding hydrogens is 443 g/mol. The number of aromatic nitrogens is 2. The zero-order valence-corrected chi connectivity index (χ0v) is 17.7. The van der Waals surface area contributed by atoms with Gasteiger partial charge in [0, 0.05) is 16.8 Å². The highest BCUT2D eigenvalue weighted by atomic mass is 32.1. The third-order valence-electron chi connectivity index (χ3n) is 4.55. The number of nitrogens with zero attached hydrogens (tertiary/aromatic N) is 2. The molecule has 10 heteroatoms. The summed E-state index contributed by atoms with van der Waals surface area (Å²) in [6.45, 7) is 2.83. The highest BCUT2D eigenvalue weighted by Crippen LogP contribution is 2.30. The van der Waals surface area contributed by atoms with Gasteiger partial charge in [0.1, 0.15) is 5.75 Å². The summed E-state index contributed by atoms with van der Waals surface area (Å²) in [5, 5.41) is 7.28. The first kappa shape index (κ1) is 21.8. The first-order chi connectivity index (χ1) is 15.3. The molecule has 32 heavy (non-hydrogen) atoms. The van der Waals surface area contributed by atoms with Gasteiger partial charge in [-0.15, -0.1) is 11.3 Å². The van der Waals surface area contributed by atoms with E-state index in [0.29, 0.717) is 35.8 Å². The number of carbonyl (C=O) groups is 1. The van der Waals surface area contributed by atoms with Gasteiger partial charge in [0.15, 0.2) is 0 Å². The highest BCUT2D eigenvalue weighted by molar-refractivity contribution is 7.20. The molecule has 0 aliphatic heterocycles. The molecule has 2 aromatic carbocycles. The van der Waals surface area contributed by atoms with Gasteiger partial charge in [-0.25, -0.2) is 0 Å². The molecule has 4 rings (SSSR count). The monoisotopic (exact) mass is 461 g/mol. The Bertz CT molecular complexity index is 1230. The van der Waals surface area contributed by atoms with Gasteiger partial charge < -0.3 is 14.6 Å². The summed E-state index contributed by atoms with van der Waals surface area (Å²) in [7, 11) is 0. The fourth-order valence-corrected chi connectivity index (χ4v) is 3.94. The third-order valence-corrected chi connectivity index (χ3v) is 5.67. The summed E-state index contributed by atoms with van der Waals surface area (Å²) in [4.78, 5) is 16.3. The number of hydrogen-bond acceptors (Lipinski definition) is 6. The van der Waals surface area contributed by atoms with Crippen molar-refractivity contribution in [3.05, 3.63) is 64.9 Å². The number of benzene rings is 2. The summed E-state index contributed by atoms with van der Waals surface area (Å²) >= 11 is 1.45. The minimum atomic E-state index is -4.68. The maximum absolute atomic E-state index is 12.6. The van der Waals surface area contributed by atoms with Gasteiger partial charge in [-0.3, -0.25) is 4.79 Å². The van der Waals surface area contributed by atoms with Crippen molar-refractivity contribution in [3.8, 4) is 17.1 Å². The van der Waals surface area contributed by atoms with E-state index >= 15 is 0 Å². The number of amides is 1. The lowest BCUT2D eigenvalue weighted by molar-refractivity contribution is -0.159. The van der Waals surface area contributed by atoms with E-state index in [1.807, 2.05) is 25.1 Å². The van der Waals surface area contributed by atoms with Crippen LogP contribution in [0.5, 0.6) is 5.75 Å². The van der Waals surface area contributed by atoms with E-state index in [1.54, 1.807) is 24.3 Å². The highest BCUT2D eigenvalue weighted by Gasteiger charge is 2.38. The standard InChI is InChI=1S/C22H18F3N3O3S/c1-13-3-8-17-15(11-13)12-18(32-17)20(29)26-9-2-10-30-16-6-4-14(5-7-16)19-27-21(31-28-19)22(23,24)25/h3-8,11-12H,2,9-10H2,1H3,(H,26,29). The Morgan fingerprint density at radius 2 is 1.94 bits per heavy atom. The van der Waals surface area contributed by atoms with Crippen LogP contribution in [0.2, 0.25) is 0 Å². The predicted octanol–water partition coefficient (Wildman–Crippen LogP) is 5.48. The topological polar surface area (TPSA) is 77.2 Å². The van der Waals surface area contributed by atoms with Crippen LogP contribution in [0.4, 0.5) is 13.2 Å². The van der Waals surface area contributed by atoms with Crippen molar-refractivity contribution >= 4 is 27.3 Å². The second kappa shape index (κ2) is 8.99. The van der Waals surface area contributed by atoms with Gasteiger partial charge in [0.2, 0.25) is 5.82 Å². The Kier molecular flexibility index (Phi) is 6.13. The molecule has 0 saturated heterocycles. The lowest BCUT2D eigenvalue weighted by Gasteiger charge is -2.07. The van der Waals surface area contributed by atoms with Gasteiger partial charge in [-0.1, -0.05) is 22.9 Å². The summed E-state index contributed by atoms with van der Waals surface area (Å²) < 4.78 is 48.6. The number of rotatable bonds is 7. The molecule has 1 N–H and O–H groups in total. The minimum Gasteiger partial charge on any atom is -0.494 e. The van der Waals surface area contributed by atoms with E-state index in [9.17, 15) is 18.0 Å². The Morgan fingerprint density at radius 1 is 1.16 bits per heavy atom. The molecule has 166 valence electrons. The number of nitrogens with one attached hydrogen (secondary N) is 1. The largest absolute Gasteiger partial charge is 0.494 e. The molecule has 0 saturated carbocycles. The average Bonchev–Trinajstić information content (AvgIpc) is 3.41. The number of fused-ring (bicyclic) bond motifs is 1. The van der Waals surface area contributed by atoms with Gasteiger partial charge in [0.05, 0.1) is 11.5 Å². The van der Waals surface area contributed by atoms with Crippen molar-refractivity contribution in [2.24, 2.45) is 0 Å². The Balaban J connectivity index is 1.23. The van der Waals surface area contributed by atoms with Crippen LogP contribution in [-0.2, 0) is 6.18 Å². The molecule has 0 atom stereocenters. The zero-order chi connectivity index (χ0) is 22.7. The van der Waals surface area contributed by atoms with Gasteiger partial charge in [0.25, 0.3) is 5.91 Å². The van der Waals surface area contributed by atoms with E-state index in [4.69, 9.17) is 4.74 Å². The first-order valence-corrected chi connectivity index (χ1v) is 10.5. The molecule has 0 aliphatic carbocycles. The number of halogens is 3. The van der Waals surface area contributed by atoms with Gasteiger partial charge in [-0.2, -0.15) is 18.2 Å². The number of hydrogen-bond donors (Lipinski definition) is 1. The van der Waals surface area contributed by atoms with Crippen molar-refractivity contribution in [1.29, 1.82) is 0 Å². The predicted molar refractivity (Wildman–Crippen MR) is 114 cm³/mol. The molecule has 0 aliphatic rings. The van der Waals surface area contributed by atoms with Crippen LogP contribution < -0.4 is 10.1 Å². The van der Waals surface area contributed by atoms with Crippen molar-refractivity contribution in [2.75, 3.05) is 13.2 Å². The molecule has 2 aromatic heterocycles. The van der Waals surface area contributed by atoms with E-state index in [-0.39, 0.29) is 11.7 Å². The summed E-state index contributed by atoms with van der Waals surface area (Å²) in [5.41, 5.74) is 1.53. The van der Waals surface area contributed by atoms with Crippen LogP contribution in [-0.4, -0.2) is 29.2 Å². The number of alkyl halides is 3. The smallest absolute Gasteiger partial charge is 0.471 e. The number of thiophene rings is 1. The normalized spacial score (nSPS) is 11.6. The lowest BCUT2D eigenvalue weighted by Crippen LogP contribution is -2.24. The van der Waals surface area contributed by atoms with Crippen molar-refractivity contribution < 1.29 is 27.2 Å². The lowest BCUT2D eigenvalue weighted by atomic mass is 10.2. The van der Waals surface area contributed by atoms with Crippen LogP contribution in [0.1, 0.15) is 27.5 Å². The maximum atomic E-state index is 12.6. The van der Waals surface area contributed by atoms with Crippen molar-refractivity contribution in [2.45, 2.75) is 19.5 Å². The molecular formula is C22H18F3N3O3S. The molecule has 0 unspecified atom stereocenters. The summed E-state index contributed by atoms with van der Waals surface area (Å²) in [6, 6.07) is 14.3. The fourth-order valence-electron chi connectivity index (χ4n) is 2.98. The molecule has 0 spiro atoms. The average molecular weight is 461 g/mol. The SMILES string of the molecule is Cc1ccc2sc(C(=O)NCCCOc3ccc(-c4noc(C(F)(F)F)n4)cc3)cc2c1. The van der Waals surface area contributed by atoms with Crippen LogP contribution >= 0.6 is 11.3 Å². The molecule has 4 aromatic rings. The molecule has 6 nitrogen and oxygen atoms in total. The fraction of sp³-hybridized carbons (Fsp3) is 0.227. The van der Waals surface area contributed by atoms with E-state index in [2.05, 4.69) is 26.0 Å². The number of carbonyl (C=O) groups excluding carboxylic acids is 1.